The fourth-order valence-electron chi connectivity index (χ4n) is 3.77. The van der Waals surface area contributed by atoms with Crippen LogP contribution in [0.5, 0.6) is 11.5 Å². The molecular formula is C25H24Cl2N2O5S2. The van der Waals surface area contributed by atoms with Crippen molar-refractivity contribution in [2.75, 3.05) is 32.2 Å². The van der Waals surface area contributed by atoms with Crippen LogP contribution in [0.1, 0.15) is 24.0 Å². The summed E-state index contributed by atoms with van der Waals surface area (Å²) in [6.07, 6.45) is 3.63. The van der Waals surface area contributed by atoms with Crippen LogP contribution in [0.3, 0.4) is 0 Å². The van der Waals surface area contributed by atoms with Crippen molar-refractivity contribution in [3.8, 4) is 11.5 Å². The number of amides is 2. The fourth-order valence-corrected chi connectivity index (χ4v) is 5.50. The molecule has 0 saturated carbocycles. The highest BCUT2D eigenvalue weighted by Crippen LogP contribution is 2.39. The number of hydrogen-bond donors (Lipinski definition) is 1. The van der Waals surface area contributed by atoms with Gasteiger partial charge >= 0.3 is 0 Å². The largest absolute Gasteiger partial charge is 0.493 e. The van der Waals surface area contributed by atoms with Crippen molar-refractivity contribution in [2.45, 2.75) is 25.9 Å². The molecule has 2 heterocycles. The van der Waals surface area contributed by atoms with E-state index in [0.717, 1.165) is 18.4 Å². The van der Waals surface area contributed by atoms with Gasteiger partial charge in [-0.2, -0.15) is 0 Å². The van der Waals surface area contributed by atoms with Crippen LogP contribution in [0.4, 0.5) is 5.69 Å². The smallest absolute Gasteiger partial charge is 0.266 e. The molecule has 190 valence electrons. The number of benzene rings is 2. The van der Waals surface area contributed by atoms with Gasteiger partial charge in [0.05, 0.1) is 29.7 Å². The Balaban J connectivity index is 1.44. The van der Waals surface area contributed by atoms with E-state index < -0.39 is 0 Å². The summed E-state index contributed by atoms with van der Waals surface area (Å²) in [5, 5.41) is 3.52. The topological polar surface area (TPSA) is 77.1 Å². The van der Waals surface area contributed by atoms with Crippen molar-refractivity contribution in [3.63, 3.8) is 0 Å². The van der Waals surface area contributed by atoms with Crippen molar-refractivity contribution < 1.29 is 23.8 Å². The molecule has 2 aliphatic heterocycles. The Morgan fingerprint density at radius 3 is 2.81 bits per heavy atom. The minimum Gasteiger partial charge on any atom is -0.493 e. The molecule has 2 aromatic carbocycles. The minimum absolute atomic E-state index is 0.0121. The quantitative estimate of drug-likeness (QED) is 0.324. The number of carbonyl (C=O) groups excluding carboxylic acids is 2. The number of nitrogens with one attached hydrogen (secondary N) is 1. The molecule has 11 heteroatoms. The van der Waals surface area contributed by atoms with Gasteiger partial charge in [0.25, 0.3) is 11.8 Å². The average Bonchev–Trinajstić information content (AvgIpc) is 3.44. The zero-order valence-electron chi connectivity index (χ0n) is 19.6. The average molecular weight is 568 g/mol. The van der Waals surface area contributed by atoms with E-state index in [4.69, 9.17) is 49.6 Å². The molecule has 0 radical (unpaired) electrons. The van der Waals surface area contributed by atoms with Crippen molar-refractivity contribution >= 4 is 75.1 Å². The van der Waals surface area contributed by atoms with E-state index >= 15 is 0 Å². The molecule has 2 aromatic rings. The van der Waals surface area contributed by atoms with Gasteiger partial charge in [0, 0.05) is 17.3 Å². The number of carbonyl (C=O) groups is 2. The van der Waals surface area contributed by atoms with Gasteiger partial charge in [-0.3, -0.25) is 14.5 Å². The molecule has 1 N–H and O–H groups in total. The van der Waals surface area contributed by atoms with Crippen molar-refractivity contribution in [2.24, 2.45) is 0 Å². The molecule has 2 aliphatic rings. The predicted molar refractivity (Wildman–Crippen MR) is 147 cm³/mol. The Kier molecular flexibility index (Phi) is 8.79. The van der Waals surface area contributed by atoms with Gasteiger partial charge in [-0.05, 0) is 61.2 Å². The maximum Gasteiger partial charge on any atom is 0.266 e. The van der Waals surface area contributed by atoms with E-state index in [1.165, 1.54) is 18.9 Å². The molecule has 0 aliphatic carbocycles. The van der Waals surface area contributed by atoms with E-state index in [1.54, 1.807) is 35.2 Å². The summed E-state index contributed by atoms with van der Waals surface area (Å²) in [5.41, 5.74) is 2.11. The van der Waals surface area contributed by atoms with Gasteiger partial charge in [-0.1, -0.05) is 53.2 Å². The fraction of sp³-hybridized carbons (Fsp3) is 0.320. The highest BCUT2D eigenvalue weighted by molar-refractivity contribution is 8.26. The number of nitrogens with zero attached hydrogens (tertiary/aromatic N) is 1. The second kappa shape index (κ2) is 11.8. The Hall–Kier alpha value is -2.30. The highest BCUT2D eigenvalue weighted by atomic mass is 35.5. The monoisotopic (exact) mass is 566 g/mol. The van der Waals surface area contributed by atoms with Gasteiger partial charge < -0.3 is 19.5 Å². The number of thioether (sulfide) groups is 1. The first-order valence-corrected chi connectivity index (χ1v) is 13.2. The SMILES string of the molecule is COc1cc(/C=C2\SC(=S)N(C[C@@H]3CCCO3)C2=O)cc(Cl)c1OCC(=O)Nc1ccc(C)c(Cl)c1. The van der Waals surface area contributed by atoms with Crippen LogP contribution in [0.25, 0.3) is 6.08 Å². The number of aryl methyl sites for hydroxylation is 1. The molecule has 2 fully saturated rings. The lowest BCUT2D eigenvalue weighted by molar-refractivity contribution is -0.123. The van der Waals surface area contributed by atoms with Crippen LogP contribution >= 0.6 is 47.2 Å². The number of halogens is 2. The molecule has 7 nitrogen and oxygen atoms in total. The summed E-state index contributed by atoms with van der Waals surface area (Å²) in [5.74, 6) is 0.00456. The first-order chi connectivity index (χ1) is 17.2. The molecule has 0 aromatic heterocycles. The highest BCUT2D eigenvalue weighted by Gasteiger charge is 2.34. The molecule has 1 atom stereocenters. The number of anilines is 1. The molecule has 0 unspecified atom stereocenters. The van der Waals surface area contributed by atoms with Crippen LogP contribution in [-0.2, 0) is 14.3 Å². The van der Waals surface area contributed by atoms with Gasteiger partial charge in [0.2, 0.25) is 0 Å². The Morgan fingerprint density at radius 1 is 1.31 bits per heavy atom. The second-order valence-corrected chi connectivity index (χ2v) is 10.8. The minimum atomic E-state index is -0.382. The number of rotatable bonds is 8. The van der Waals surface area contributed by atoms with Crippen molar-refractivity contribution in [1.29, 1.82) is 0 Å². The summed E-state index contributed by atoms with van der Waals surface area (Å²) < 4.78 is 17.2. The first kappa shape index (κ1) is 26.8. The summed E-state index contributed by atoms with van der Waals surface area (Å²) >= 11 is 19.2. The van der Waals surface area contributed by atoms with E-state index in [9.17, 15) is 9.59 Å². The van der Waals surface area contributed by atoms with E-state index in [0.29, 0.717) is 44.4 Å². The lowest BCUT2D eigenvalue weighted by atomic mass is 10.1. The third-order valence-electron chi connectivity index (χ3n) is 5.64. The third kappa shape index (κ3) is 6.33. The van der Waals surface area contributed by atoms with E-state index in [-0.39, 0.29) is 35.3 Å². The molecule has 0 bridgehead atoms. The molecule has 4 rings (SSSR count). The summed E-state index contributed by atoms with van der Waals surface area (Å²) in [7, 11) is 1.47. The molecular weight excluding hydrogens is 543 g/mol. The van der Waals surface area contributed by atoms with Gasteiger partial charge in [-0.15, -0.1) is 0 Å². The lowest BCUT2D eigenvalue weighted by Gasteiger charge is -2.18. The van der Waals surface area contributed by atoms with Gasteiger partial charge in [0.1, 0.15) is 4.32 Å². The van der Waals surface area contributed by atoms with Crippen LogP contribution < -0.4 is 14.8 Å². The van der Waals surface area contributed by atoms with Gasteiger partial charge in [-0.25, -0.2) is 0 Å². The Labute approximate surface area is 229 Å². The van der Waals surface area contributed by atoms with Crippen molar-refractivity contribution in [3.05, 3.63) is 56.4 Å². The van der Waals surface area contributed by atoms with Crippen LogP contribution in [-0.4, -0.2) is 54.0 Å². The van der Waals surface area contributed by atoms with Crippen LogP contribution in [0, 0.1) is 6.92 Å². The maximum atomic E-state index is 12.9. The van der Waals surface area contributed by atoms with Crippen LogP contribution in [0.15, 0.2) is 35.2 Å². The zero-order chi connectivity index (χ0) is 25.8. The van der Waals surface area contributed by atoms with Crippen molar-refractivity contribution in [1.82, 2.24) is 4.90 Å². The Morgan fingerprint density at radius 2 is 2.11 bits per heavy atom. The number of thiocarbonyl (C=S) groups is 1. The normalized spacial score (nSPS) is 18.7. The second-order valence-electron chi connectivity index (χ2n) is 8.26. The number of methoxy groups -OCH3 is 1. The molecule has 2 saturated heterocycles. The number of ether oxygens (including phenoxy) is 3. The third-order valence-corrected chi connectivity index (χ3v) is 7.70. The number of hydrogen-bond acceptors (Lipinski definition) is 7. The van der Waals surface area contributed by atoms with E-state index in [2.05, 4.69) is 5.32 Å². The maximum absolute atomic E-state index is 12.9. The summed E-state index contributed by atoms with van der Waals surface area (Å²) in [6.45, 7) is 2.75. The Bertz CT molecular complexity index is 1230. The zero-order valence-corrected chi connectivity index (χ0v) is 22.8. The lowest BCUT2D eigenvalue weighted by Crippen LogP contribution is -2.35. The molecule has 0 spiro atoms. The molecule has 36 heavy (non-hydrogen) atoms. The van der Waals surface area contributed by atoms with E-state index in [1.807, 2.05) is 13.0 Å². The predicted octanol–water partition coefficient (Wildman–Crippen LogP) is 5.71. The summed E-state index contributed by atoms with van der Waals surface area (Å²) in [6, 6.07) is 8.56. The summed E-state index contributed by atoms with van der Waals surface area (Å²) in [4.78, 5) is 27.4. The standard InChI is InChI=1S/C25H24Cl2N2O5S2/c1-14-5-6-16(11-18(14)26)28-22(30)13-34-23-19(27)8-15(9-20(23)32-2)10-21-24(31)29(25(35)36-21)12-17-4-3-7-33-17/h5-6,8-11,17H,3-4,7,12-13H2,1-2H3,(H,28,30)/b21-10-/t17-/m0/s1. The first-order valence-electron chi connectivity index (χ1n) is 11.2. The van der Waals surface area contributed by atoms with Crippen LogP contribution in [0.2, 0.25) is 10.0 Å². The molecule has 2 amide bonds. The van der Waals surface area contributed by atoms with Gasteiger partial charge in [0.15, 0.2) is 18.1 Å².